The fourth-order valence-electron chi connectivity index (χ4n) is 9.11. The van der Waals surface area contributed by atoms with Gasteiger partial charge in [0, 0.05) is 13.1 Å². The van der Waals surface area contributed by atoms with Crippen LogP contribution in [0, 0.1) is 47.3 Å². The van der Waals surface area contributed by atoms with Gasteiger partial charge in [-0.2, -0.15) is 0 Å². The number of nitrogens with one attached hydrogen (secondary N) is 3. The van der Waals surface area contributed by atoms with Crippen LogP contribution < -0.4 is 16.0 Å². The summed E-state index contributed by atoms with van der Waals surface area (Å²) in [7, 11) is 0. The van der Waals surface area contributed by atoms with E-state index in [-0.39, 0.29) is 23.7 Å². The predicted octanol–water partition coefficient (Wildman–Crippen LogP) is 1.37. The number of fused-ring (bicyclic) bond motifs is 6. The molecule has 6 rings (SSSR count). The zero-order valence-corrected chi connectivity index (χ0v) is 28.0. The minimum atomic E-state index is -0.808. The summed E-state index contributed by atoms with van der Waals surface area (Å²) < 4.78 is 0. The second-order valence-corrected chi connectivity index (χ2v) is 13.9. The first kappa shape index (κ1) is 35.8. The molecule has 6 fully saturated rings. The van der Waals surface area contributed by atoms with E-state index in [0.29, 0.717) is 38.8 Å². The van der Waals surface area contributed by atoms with Crippen LogP contribution in [0.3, 0.4) is 0 Å². The predicted molar refractivity (Wildman–Crippen MR) is 172 cm³/mol. The third kappa shape index (κ3) is 8.26. The molecule has 6 aliphatic carbocycles. The molecule has 10 unspecified atom stereocenters. The topological polar surface area (TPSA) is 151 Å². The highest BCUT2D eigenvalue weighted by atomic mass is 16.3. The Morgan fingerprint density at radius 3 is 1.29 bits per heavy atom. The summed E-state index contributed by atoms with van der Waals surface area (Å²) in [4.78, 5) is 59.4. The quantitative estimate of drug-likeness (QED) is 0.126. The molecular formula is C34H59N5O6. The highest BCUT2D eigenvalue weighted by Gasteiger charge is 2.56. The van der Waals surface area contributed by atoms with E-state index >= 15 is 0 Å². The lowest BCUT2D eigenvalue weighted by molar-refractivity contribution is -0.162. The number of nitrogens with zero attached hydrogens (tertiary/aromatic N) is 2. The maximum atomic E-state index is 13.9. The molecule has 0 aromatic carbocycles. The molecule has 0 aromatic heterocycles. The number of carbonyl (C=O) groups excluding carboxylic acids is 4. The molecule has 5 N–H and O–H groups in total. The van der Waals surface area contributed by atoms with Crippen LogP contribution in [0.4, 0.5) is 0 Å². The summed E-state index contributed by atoms with van der Waals surface area (Å²) in [6, 6.07) is 0. The first-order chi connectivity index (χ1) is 21.6. The van der Waals surface area contributed by atoms with E-state index in [1.165, 1.54) is 0 Å². The van der Waals surface area contributed by atoms with Crippen molar-refractivity contribution in [1.82, 2.24) is 25.8 Å². The molecule has 0 radical (unpaired) electrons. The van der Waals surface area contributed by atoms with Gasteiger partial charge < -0.3 is 30.6 Å². The lowest BCUT2D eigenvalue weighted by Crippen LogP contribution is -2.61. The molecule has 11 nitrogen and oxygen atoms in total. The van der Waals surface area contributed by atoms with Gasteiger partial charge in [0.25, 0.3) is 0 Å². The summed E-state index contributed by atoms with van der Waals surface area (Å²) in [6.07, 6.45) is 3.99. The number of aliphatic hydroxyl groups excluding tert-OH is 2. The summed E-state index contributed by atoms with van der Waals surface area (Å²) in [5.41, 5.74) is 0. The maximum absolute atomic E-state index is 13.9. The Hall–Kier alpha value is -2.08. The lowest BCUT2D eigenvalue weighted by atomic mass is 9.56. The molecule has 4 bridgehead atoms. The Balaban J connectivity index is 1.42. The van der Waals surface area contributed by atoms with Crippen LogP contribution in [-0.2, 0) is 19.2 Å². The molecule has 4 amide bonds. The van der Waals surface area contributed by atoms with E-state index in [1.807, 2.05) is 0 Å². The summed E-state index contributed by atoms with van der Waals surface area (Å²) >= 11 is 0. The maximum Gasteiger partial charge on any atom is 0.230 e. The first-order valence-corrected chi connectivity index (χ1v) is 17.9. The van der Waals surface area contributed by atoms with E-state index in [4.69, 9.17) is 0 Å². The van der Waals surface area contributed by atoms with Crippen molar-refractivity contribution < 1.29 is 29.4 Å². The van der Waals surface area contributed by atoms with Crippen LogP contribution >= 0.6 is 0 Å². The molecule has 6 aliphatic rings. The Morgan fingerprint density at radius 1 is 0.578 bits per heavy atom. The van der Waals surface area contributed by atoms with Crippen molar-refractivity contribution >= 4 is 23.6 Å². The van der Waals surface area contributed by atoms with E-state index in [1.54, 1.807) is 0 Å². The standard InChI is InChI=1S/C34H59N5O6/c1-5-38(6-2)17-9-15-35-31(42)27-21-11-13-23(25(40)19-21)29(27)33(44)37-34(45)30-24-14-12-22(20-26(24)41)28(30)32(43)36-16-10-18-39(7-3)8-4/h21-30,40-41H,5-20H2,1-4H3,(H,35,42)(H,36,43)(H,37,44,45). The van der Waals surface area contributed by atoms with E-state index in [0.717, 1.165) is 65.0 Å². The van der Waals surface area contributed by atoms with E-state index in [2.05, 4.69) is 53.4 Å². The SMILES string of the molecule is CCN(CC)CCCNC(=O)C1C2CCC(C(O)C2)C1C(=O)NC(=O)C1C2CCC(CC2O)C1C(=O)NCCCN(CC)CC. The third-order valence-electron chi connectivity index (χ3n) is 11.7. The first-order valence-electron chi connectivity index (χ1n) is 17.9. The van der Waals surface area contributed by atoms with Crippen LogP contribution in [-0.4, -0.2) is 108 Å². The average molecular weight is 634 g/mol. The number of amides is 4. The van der Waals surface area contributed by atoms with Crippen molar-refractivity contribution in [1.29, 1.82) is 0 Å². The highest BCUT2D eigenvalue weighted by molar-refractivity contribution is 6.01. The van der Waals surface area contributed by atoms with Gasteiger partial charge in [-0.25, -0.2) is 0 Å². The Morgan fingerprint density at radius 2 is 0.956 bits per heavy atom. The molecule has 0 spiro atoms. The van der Waals surface area contributed by atoms with Crippen LogP contribution in [0.1, 0.15) is 79.1 Å². The van der Waals surface area contributed by atoms with Gasteiger partial charge in [0.1, 0.15) is 0 Å². The minimum absolute atomic E-state index is 0.124. The van der Waals surface area contributed by atoms with Gasteiger partial charge in [-0.1, -0.05) is 27.7 Å². The molecule has 45 heavy (non-hydrogen) atoms. The van der Waals surface area contributed by atoms with Crippen molar-refractivity contribution in [3.8, 4) is 0 Å². The van der Waals surface area contributed by atoms with Gasteiger partial charge in [-0.3, -0.25) is 24.5 Å². The minimum Gasteiger partial charge on any atom is -0.393 e. The van der Waals surface area contributed by atoms with Gasteiger partial charge in [-0.15, -0.1) is 0 Å². The highest BCUT2D eigenvalue weighted by Crippen LogP contribution is 2.51. The van der Waals surface area contributed by atoms with Crippen molar-refractivity contribution in [3.05, 3.63) is 0 Å². The van der Waals surface area contributed by atoms with Crippen molar-refractivity contribution in [2.45, 2.75) is 91.3 Å². The van der Waals surface area contributed by atoms with Gasteiger partial charge in [0.2, 0.25) is 23.6 Å². The molecule has 6 saturated carbocycles. The average Bonchev–Trinajstić information content (AvgIpc) is 3.04. The van der Waals surface area contributed by atoms with Crippen molar-refractivity contribution in [2.24, 2.45) is 47.3 Å². The third-order valence-corrected chi connectivity index (χ3v) is 11.7. The van der Waals surface area contributed by atoms with E-state index in [9.17, 15) is 29.4 Å². The molecule has 0 aromatic rings. The van der Waals surface area contributed by atoms with E-state index < -0.39 is 59.5 Å². The number of imide groups is 1. The number of hydrogen-bond acceptors (Lipinski definition) is 8. The number of aliphatic hydroxyl groups is 2. The summed E-state index contributed by atoms with van der Waals surface area (Å²) in [5, 5.41) is 30.4. The fourth-order valence-corrected chi connectivity index (χ4v) is 9.11. The number of carbonyl (C=O) groups is 4. The second kappa shape index (κ2) is 16.7. The van der Waals surface area contributed by atoms with Crippen molar-refractivity contribution in [2.75, 3.05) is 52.4 Å². The molecule has 0 aliphatic heterocycles. The molecular weight excluding hydrogens is 574 g/mol. The summed E-state index contributed by atoms with van der Waals surface area (Å²) in [6.45, 7) is 15.0. The summed E-state index contributed by atoms with van der Waals surface area (Å²) in [5.74, 6) is -5.30. The smallest absolute Gasteiger partial charge is 0.230 e. The largest absolute Gasteiger partial charge is 0.393 e. The number of hydrogen-bond donors (Lipinski definition) is 5. The molecule has 11 heteroatoms. The monoisotopic (exact) mass is 633 g/mol. The van der Waals surface area contributed by atoms with Crippen LogP contribution in [0.25, 0.3) is 0 Å². The van der Waals surface area contributed by atoms with Crippen LogP contribution in [0.15, 0.2) is 0 Å². The Bertz CT molecular complexity index is 941. The lowest BCUT2D eigenvalue weighted by Gasteiger charge is -2.50. The van der Waals surface area contributed by atoms with Crippen molar-refractivity contribution in [3.63, 3.8) is 0 Å². The number of rotatable bonds is 16. The van der Waals surface area contributed by atoms with Gasteiger partial charge in [-0.05, 0) is 114 Å². The van der Waals surface area contributed by atoms with Crippen LogP contribution in [0.2, 0.25) is 0 Å². The Kier molecular flexibility index (Phi) is 13.2. The van der Waals surface area contributed by atoms with Crippen LogP contribution in [0.5, 0.6) is 0 Å². The zero-order chi connectivity index (χ0) is 32.7. The fraction of sp³-hybridized carbons (Fsp3) is 0.882. The van der Waals surface area contributed by atoms with Gasteiger partial charge in [0.05, 0.1) is 35.9 Å². The molecule has 0 saturated heterocycles. The second-order valence-electron chi connectivity index (χ2n) is 13.9. The molecule has 10 atom stereocenters. The normalized spacial score (nSPS) is 33.8. The Labute approximate surface area is 269 Å². The zero-order valence-electron chi connectivity index (χ0n) is 28.0. The van der Waals surface area contributed by atoms with Gasteiger partial charge >= 0.3 is 0 Å². The van der Waals surface area contributed by atoms with Gasteiger partial charge in [0.15, 0.2) is 0 Å². The molecule has 256 valence electrons. The molecule has 0 heterocycles.